The van der Waals surface area contributed by atoms with Crippen LogP contribution in [0.3, 0.4) is 0 Å². The highest BCUT2D eigenvalue weighted by atomic mass is 16.7. The molecule has 0 N–H and O–H groups in total. The third kappa shape index (κ3) is 21.6. The topological polar surface area (TPSA) is 44.8 Å². The van der Waals surface area contributed by atoms with Gasteiger partial charge in [0.25, 0.3) is 0 Å². The first-order valence-electron chi connectivity index (χ1n) is 9.91. The molecule has 0 rings (SSSR count). The molecule has 4 nitrogen and oxygen atoms in total. The lowest BCUT2D eigenvalue weighted by Gasteiger charge is -2.05. The van der Waals surface area contributed by atoms with E-state index in [0.29, 0.717) is 26.4 Å². The minimum absolute atomic E-state index is 0.388. The Kier molecular flexibility index (Phi) is 22.1. The summed E-state index contributed by atoms with van der Waals surface area (Å²) in [5.41, 5.74) is 0. The van der Waals surface area contributed by atoms with Crippen LogP contribution in [0.2, 0.25) is 0 Å². The average Bonchev–Trinajstić information content (AvgIpc) is 2.60. The van der Waals surface area contributed by atoms with E-state index >= 15 is 0 Å². The van der Waals surface area contributed by atoms with Crippen LogP contribution < -0.4 is 0 Å². The molecule has 0 fully saturated rings. The van der Waals surface area contributed by atoms with Crippen LogP contribution in [0.5, 0.6) is 0 Å². The maximum atomic E-state index is 10.1. The van der Waals surface area contributed by atoms with Crippen LogP contribution in [0.25, 0.3) is 0 Å². The number of ether oxygens (including phenoxy) is 3. The highest BCUT2D eigenvalue weighted by Crippen LogP contribution is 2.12. The van der Waals surface area contributed by atoms with Crippen molar-refractivity contribution in [2.45, 2.75) is 89.9 Å². The van der Waals surface area contributed by atoms with Gasteiger partial charge in [0, 0.05) is 20.1 Å². The Morgan fingerprint density at radius 2 is 1.04 bits per heavy atom. The summed E-state index contributed by atoms with van der Waals surface area (Å²) >= 11 is 0. The van der Waals surface area contributed by atoms with Crippen LogP contribution >= 0.6 is 0 Å². The summed E-state index contributed by atoms with van der Waals surface area (Å²) in [5, 5.41) is 0. The lowest BCUT2D eigenvalue weighted by Crippen LogP contribution is -2.06. The van der Waals surface area contributed by atoms with Gasteiger partial charge in [-0.2, -0.15) is 0 Å². The van der Waals surface area contributed by atoms with Crippen molar-refractivity contribution in [3.05, 3.63) is 0 Å². The van der Waals surface area contributed by atoms with Crippen molar-refractivity contribution in [3.63, 3.8) is 0 Å². The second-order valence-electron chi connectivity index (χ2n) is 6.42. The zero-order valence-electron chi connectivity index (χ0n) is 15.9. The van der Waals surface area contributed by atoms with Gasteiger partial charge in [0.2, 0.25) is 0 Å². The lowest BCUT2D eigenvalue weighted by molar-refractivity contribution is -0.0664. The molecule has 143 valence electrons. The third-order valence-corrected chi connectivity index (χ3v) is 4.17. The van der Waals surface area contributed by atoms with Crippen LogP contribution in [0.4, 0.5) is 0 Å². The van der Waals surface area contributed by atoms with Crippen molar-refractivity contribution in [2.75, 3.05) is 33.7 Å². The number of carbonyl (C=O) groups excluding carboxylic acids is 1. The summed E-state index contributed by atoms with van der Waals surface area (Å²) in [6.07, 6.45) is 19.3. The summed E-state index contributed by atoms with van der Waals surface area (Å²) in [6.45, 7) is 2.43. The van der Waals surface area contributed by atoms with Crippen LogP contribution in [0.1, 0.15) is 89.9 Å². The molecule has 0 aromatic heterocycles. The molecule has 24 heavy (non-hydrogen) atoms. The molecule has 0 amide bonds. The van der Waals surface area contributed by atoms with E-state index in [1.165, 1.54) is 70.6 Å². The molecule has 0 bridgehead atoms. The minimum Gasteiger partial charge on any atom is -0.382 e. The van der Waals surface area contributed by atoms with Gasteiger partial charge in [-0.25, -0.2) is 0 Å². The van der Waals surface area contributed by atoms with E-state index in [2.05, 4.69) is 0 Å². The molecular formula is C20H39O4. The Morgan fingerprint density at radius 3 is 1.54 bits per heavy atom. The second kappa shape index (κ2) is 22.6. The quantitative estimate of drug-likeness (QED) is 0.212. The fourth-order valence-electron chi connectivity index (χ4n) is 2.66. The summed E-state index contributed by atoms with van der Waals surface area (Å²) in [7, 11) is 1.67. The highest BCUT2D eigenvalue weighted by Gasteiger charge is 1.95. The lowest BCUT2D eigenvalue weighted by atomic mass is 10.0. The normalized spacial score (nSPS) is 11.0. The molecule has 0 aromatic carbocycles. The van der Waals surface area contributed by atoms with Crippen molar-refractivity contribution >= 4 is 6.29 Å². The largest absolute Gasteiger partial charge is 0.382 e. The third-order valence-electron chi connectivity index (χ3n) is 4.17. The van der Waals surface area contributed by atoms with Crippen LogP contribution in [0.15, 0.2) is 0 Å². The maximum Gasteiger partial charge on any atom is 0.198 e. The molecule has 0 heterocycles. The number of hydrogen-bond acceptors (Lipinski definition) is 4. The molecule has 0 saturated heterocycles. The molecule has 0 unspecified atom stereocenters. The highest BCUT2D eigenvalue weighted by molar-refractivity contribution is 5.50. The van der Waals surface area contributed by atoms with E-state index < -0.39 is 0 Å². The van der Waals surface area contributed by atoms with Gasteiger partial charge < -0.3 is 14.2 Å². The Balaban J connectivity index is 2.94. The SMILES string of the molecule is COCCOCOCCCCCCCCCCCCCCC[C]=O. The number of unbranched alkanes of at least 4 members (excludes halogenated alkanes) is 13. The Labute approximate surface area is 149 Å². The predicted octanol–water partition coefficient (Wildman–Crippen LogP) is 5.19. The Morgan fingerprint density at radius 1 is 0.583 bits per heavy atom. The fourth-order valence-corrected chi connectivity index (χ4v) is 2.66. The number of methoxy groups -OCH3 is 1. The van der Waals surface area contributed by atoms with Gasteiger partial charge in [-0.1, -0.05) is 70.6 Å². The molecular weight excluding hydrogens is 304 g/mol. The van der Waals surface area contributed by atoms with E-state index in [1.54, 1.807) is 7.11 Å². The summed E-state index contributed by atoms with van der Waals surface area (Å²) in [4.78, 5) is 10.1. The average molecular weight is 344 g/mol. The first kappa shape index (κ1) is 23.5. The maximum absolute atomic E-state index is 10.1. The zero-order chi connectivity index (χ0) is 17.6. The van der Waals surface area contributed by atoms with E-state index in [9.17, 15) is 4.79 Å². The van der Waals surface area contributed by atoms with Crippen molar-refractivity contribution in [2.24, 2.45) is 0 Å². The first-order chi connectivity index (χ1) is 11.9. The van der Waals surface area contributed by atoms with Crippen molar-refractivity contribution in [1.82, 2.24) is 0 Å². The molecule has 1 radical (unpaired) electrons. The fraction of sp³-hybridized carbons (Fsp3) is 0.950. The van der Waals surface area contributed by atoms with Crippen molar-refractivity contribution in [1.29, 1.82) is 0 Å². The van der Waals surface area contributed by atoms with Gasteiger partial charge in [0.15, 0.2) is 6.29 Å². The Hall–Kier alpha value is -0.450. The molecule has 0 saturated carbocycles. The van der Waals surface area contributed by atoms with Crippen LogP contribution in [-0.4, -0.2) is 40.0 Å². The minimum atomic E-state index is 0.388. The van der Waals surface area contributed by atoms with Gasteiger partial charge in [0.05, 0.1) is 13.2 Å². The van der Waals surface area contributed by atoms with Gasteiger partial charge >= 0.3 is 0 Å². The molecule has 0 aliphatic carbocycles. The standard InChI is InChI=1S/C20H39O4/c1-22-18-19-24-20-23-17-15-13-11-9-7-5-3-2-4-6-8-10-12-14-16-21/h2-15,17-20H2,1H3. The molecule has 0 atom stereocenters. The molecule has 0 aromatic rings. The predicted molar refractivity (Wildman–Crippen MR) is 99.0 cm³/mol. The number of rotatable bonds is 21. The van der Waals surface area contributed by atoms with Gasteiger partial charge in [0.1, 0.15) is 6.79 Å². The summed E-state index contributed by atoms with van der Waals surface area (Å²) < 4.78 is 15.5. The van der Waals surface area contributed by atoms with E-state index in [-0.39, 0.29) is 0 Å². The first-order valence-corrected chi connectivity index (χ1v) is 9.91. The second-order valence-corrected chi connectivity index (χ2v) is 6.42. The molecule has 0 aliphatic rings. The van der Waals surface area contributed by atoms with Gasteiger partial charge in [-0.15, -0.1) is 0 Å². The van der Waals surface area contributed by atoms with Crippen molar-refractivity contribution < 1.29 is 19.0 Å². The van der Waals surface area contributed by atoms with Gasteiger partial charge in [-0.3, -0.25) is 4.79 Å². The number of hydrogen-bond donors (Lipinski definition) is 0. The van der Waals surface area contributed by atoms with E-state index in [1.807, 2.05) is 6.29 Å². The summed E-state index contributed by atoms with van der Waals surface area (Å²) in [5.74, 6) is 0. The molecule has 0 spiro atoms. The van der Waals surface area contributed by atoms with Crippen LogP contribution in [-0.2, 0) is 19.0 Å². The molecule has 4 heteroatoms. The van der Waals surface area contributed by atoms with Crippen LogP contribution in [0, 0.1) is 0 Å². The van der Waals surface area contributed by atoms with Gasteiger partial charge in [-0.05, 0) is 12.8 Å². The van der Waals surface area contributed by atoms with E-state index in [4.69, 9.17) is 14.2 Å². The summed E-state index contributed by atoms with van der Waals surface area (Å²) in [6, 6.07) is 0. The van der Waals surface area contributed by atoms with E-state index in [0.717, 1.165) is 19.4 Å². The smallest absolute Gasteiger partial charge is 0.198 e. The Bertz CT molecular complexity index is 234. The molecule has 0 aliphatic heterocycles. The zero-order valence-corrected chi connectivity index (χ0v) is 15.9. The monoisotopic (exact) mass is 343 g/mol. The van der Waals surface area contributed by atoms with Crippen molar-refractivity contribution in [3.8, 4) is 0 Å².